The number of aromatic nitrogens is 4. The maximum atomic E-state index is 15.7. The van der Waals surface area contributed by atoms with Gasteiger partial charge in [-0.1, -0.05) is 32.9 Å². The van der Waals surface area contributed by atoms with Crippen LogP contribution in [-0.4, -0.2) is 75.6 Å². The first-order valence-electron chi connectivity index (χ1n) is 16.7. The van der Waals surface area contributed by atoms with Crippen LogP contribution in [0.25, 0.3) is 28.0 Å². The van der Waals surface area contributed by atoms with Gasteiger partial charge in [0.05, 0.1) is 47.4 Å². The van der Waals surface area contributed by atoms with E-state index in [0.717, 1.165) is 22.2 Å². The number of ether oxygens (including phenoxy) is 2. The minimum atomic E-state index is -1.98. The lowest BCUT2D eigenvalue weighted by Gasteiger charge is -2.36. The molecule has 0 amide bonds. The van der Waals surface area contributed by atoms with Crippen molar-refractivity contribution < 1.29 is 27.9 Å². The lowest BCUT2D eigenvalue weighted by Crippen LogP contribution is -2.44. The summed E-state index contributed by atoms with van der Waals surface area (Å²) in [5.41, 5.74) is 3.27. The zero-order valence-electron chi connectivity index (χ0n) is 30.2. The quantitative estimate of drug-likeness (QED) is 0.0703. The Morgan fingerprint density at radius 1 is 1.04 bits per heavy atom. The van der Waals surface area contributed by atoms with E-state index >= 15 is 4.39 Å². The Labute approximate surface area is 294 Å². The van der Waals surface area contributed by atoms with Crippen LogP contribution in [0, 0.1) is 0 Å². The molecule has 3 aromatic heterocycles. The number of pyridine rings is 2. The minimum Gasteiger partial charge on any atom is -0.598 e. The third-order valence-electron chi connectivity index (χ3n) is 8.77. The minimum absolute atomic E-state index is 0.0774. The Morgan fingerprint density at radius 3 is 2.45 bits per heavy atom. The standard InChI is InChI=1S/C36H52FN5O5SSi/c1-35(2,3)48(44)41-34(28(37)14-12-18-43)30-16-11-15-29(40-30)25-21-31-27(32(22-25)46-20-19-45-7)23-38-42(31)33-17-10-13-26(39-33)24-47-49(8,9)36(4,5)6/h10-11,13,15-17,21-23,28,34,41,43H,12,14,18-20,24H2,1-9H3/t28?,34-,48-/m1/s1. The molecule has 268 valence electrons. The molecular weight excluding hydrogens is 662 g/mol. The number of rotatable bonds is 16. The summed E-state index contributed by atoms with van der Waals surface area (Å²) in [5, 5.41) is 14.9. The lowest BCUT2D eigenvalue weighted by molar-refractivity contribution is 0.147. The maximum Gasteiger partial charge on any atom is 0.192 e. The SMILES string of the molecule is COCCOc1cc(-c2cccc([C@H](N[S@+]([O-])C(C)(C)C)C(F)CCCO)n2)cc2c1cnn2-c1cccc(CO[Si](C)(C)C(C)(C)C)n1. The molecule has 1 aromatic carbocycles. The van der Waals surface area contributed by atoms with Gasteiger partial charge in [0.2, 0.25) is 0 Å². The summed E-state index contributed by atoms with van der Waals surface area (Å²) in [6, 6.07) is 14.1. The van der Waals surface area contributed by atoms with Crippen molar-refractivity contribution >= 4 is 30.6 Å². The van der Waals surface area contributed by atoms with E-state index in [9.17, 15) is 9.66 Å². The van der Waals surface area contributed by atoms with Crippen LogP contribution in [0.15, 0.2) is 54.7 Å². The summed E-state index contributed by atoms with van der Waals surface area (Å²) >= 11 is -1.55. The Morgan fingerprint density at radius 2 is 1.78 bits per heavy atom. The van der Waals surface area contributed by atoms with Crippen molar-refractivity contribution in [2.75, 3.05) is 26.9 Å². The van der Waals surface area contributed by atoms with Crippen LogP contribution in [-0.2, 0) is 27.1 Å². The molecular formula is C36H52FN5O5SSi. The van der Waals surface area contributed by atoms with Crippen LogP contribution in [0.1, 0.15) is 71.8 Å². The van der Waals surface area contributed by atoms with E-state index < -0.39 is 36.6 Å². The van der Waals surface area contributed by atoms with Crippen LogP contribution in [0.2, 0.25) is 18.1 Å². The van der Waals surface area contributed by atoms with Crippen LogP contribution in [0.3, 0.4) is 0 Å². The largest absolute Gasteiger partial charge is 0.598 e. The van der Waals surface area contributed by atoms with Crippen molar-refractivity contribution in [2.45, 2.75) is 96.1 Å². The predicted molar refractivity (Wildman–Crippen MR) is 196 cm³/mol. The molecule has 0 aliphatic rings. The number of aliphatic hydroxyl groups excluding tert-OH is 1. The summed E-state index contributed by atoms with van der Waals surface area (Å²) in [5.74, 6) is 1.22. The van der Waals surface area contributed by atoms with Gasteiger partial charge in [0, 0.05) is 30.6 Å². The van der Waals surface area contributed by atoms with Gasteiger partial charge >= 0.3 is 0 Å². The molecule has 0 aliphatic heterocycles. The highest BCUT2D eigenvalue weighted by Crippen LogP contribution is 2.37. The molecule has 0 bridgehead atoms. The summed E-state index contributed by atoms with van der Waals surface area (Å²) < 4.78 is 50.8. The normalized spacial score (nSPS) is 14.6. The second-order valence-corrected chi connectivity index (χ2v) is 21.5. The summed E-state index contributed by atoms with van der Waals surface area (Å²) in [6.45, 7) is 17.5. The number of hydrogen-bond acceptors (Lipinski definition) is 9. The Kier molecular flexibility index (Phi) is 13.0. The predicted octanol–water partition coefficient (Wildman–Crippen LogP) is 7.23. The number of benzene rings is 1. The van der Waals surface area contributed by atoms with Crippen LogP contribution in [0.5, 0.6) is 5.75 Å². The van der Waals surface area contributed by atoms with Gasteiger partial charge in [-0.05, 0) is 88.1 Å². The summed E-state index contributed by atoms with van der Waals surface area (Å²) in [7, 11) is -0.364. The fourth-order valence-corrected chi connectivity index (χ4v) is 6.56. The van der Waals surface area contributed by atoms with E-state index in [2.05, 4.69) is 38.6 Å². The van der Waals surface area contributed by atoms with E-state index in [0.29, 0.717) is 42.8 Å². The fraction of sp³-hybridized carbons (Fsp3) is 0.528. The Balaban J connectivity index is 1.77. The van der Waals surface area contributed by atoms with Crippen LogP contribution in [0.4, 0.5) is 4.39 Å². The van der Waals surface area contributed by atoms with Gasteiger partial charge in [-0.2, -0.15) is 5.10 Å². The number of nitrogens with zero attached hydrogens (tertiary/aromatic N) is 4. The second-order valence-electron chi connectivity index (χ2n) is 14.6. The first-order valence-corrected chi connectivity index (χ1v) is 20.8. The van der Waals surface area contributed by atoms with Crippen molar-refractivity contribution in [2.24, 2.45) is 0 Å². The molecule has 13 heteroatoms. The smallest absolute Gasteiger partial charge is 0.192 e. The van der Waals surface area contributed by atoms with Gasteiger partial charge in [0.15, 0.2) is 14.1 Å². The van der Waals surface area contributed by atoms with Gasteiger partial charge in [0.1, 0.15) is 29.3 Å². The van der Waals surface area contributed by atoms with Gasteiger partial charge in [-0.15, -0.1) is 4.72 Å². The number of methoxy groups -OCH3 is 1. The fourth-order valence-electron chi connectivity index (χ4n) is 4.77. The number of alkyl halides is 1. The summed E-state index contributed by atoms with van der Waals surface area (Å²) in [4.78, 5) is 9.79. The molecule has 0 fully saturated rings. The number of nitrogens with one attached hydrogen (secondary N) is 1. The molecule has 0 saturated heterocycles. The molecule has 3 atom stereocenters. The van der Waals surface area contributed by atoms with Gasteiger partial charge in [-0.25, -0.2) is 14.1 Å². The zero-order chi connectivity index (χ0) is 36.0. The van der Waals surface area contributed by atoms with E-state index in [1.165, 1.54) is 0 Å². The monoisotopic (exact) mass is 713 g/mol. The van der Waals surface area contributed by atoms with Crippen molar-refractivity contribution in [3.63, 3.8) is 0 Å². The zero-order valence-corrected chi connectivity index (χ0v) is 32.1. The molecule has 0 aliphatic carbocycles. The van der Waals surface area contributed by atoms with Gasteiger partial charge in [0.25, 0.3) is 0 Å². The molecule has 4 rings (SSSR count). The van der Waals surface area contributed by atoms with E-state index in [1.54, 1.807) is 24.1 Å². The maximum absolute atomic E-state index is 15.7. The molecule has 4 aromatic rings. The van der Waals surface area contributed by atoms with Gasteiger partial charge < -0.3 is 23.6 Å². The van der Waals surface area contributed by atoms with Crippen molar-refractivity contribution in [1.29, 1.82) is 0 Å². The van der Waals surface area contributed by atoms with Crippen molar-refractivity contribution in [3.05, 3.63) is 66.1 Å². The van der Waals surface area contributed by atoms with Crippen LogP contribution >= 0.6 is 0 Å². The van der Waals surface area contributed by atoms with Crippen molar-refractivity contribution in [1.82, 2.24) is 24.5 Å². The second kappa shape index (κ2) is 16.4. The molecule has 1 unspecified atom stereocenters. The third kappa shape index (κ3) is 9.87. The molecule has 0 radical (unpaired) electrons. The number of aliphatic hydroxyl groups is 1. The molecule has 49 heavy (non-hydrogen) atoms. The van der Waals surface area contributed by atoms with Crippen LogP contribution < -0.4 is 9.46 Å². The number of hydrogen-bond donors (Lipinski definition) is 2. The Hall–Kier alpha value is -2.91. The molecule has 0 saturated carbocycles. The number of halogens is 1. The highest BCUT2D eigenvalue weighted by Gasteiger charge is 2.37. The first-order chi connectivity index (χ1) is 23.1. The third-order valence-corrected chi connectivity index (χ3v) is 14.8. The highest BCUT2D eigenvalue weighted by molar-refractivity contribution is 7.90. The molecule has 0 spiro atoms. The summed E-state index contributed by atoms with van der Waals surface area (Å²) in [6.07, 6.45) is 0.706. The lowest BCUT2D eigenvalue weighted by atomic mass is 10.0. The first kappa shape index (κ1) is 38.9. The Bertz CT molecular complexity index is 1680. The highest BCUT2D eigenvalue weighted by atomic mass is 32.2. The van der Waals surface area contributed by atoms with Gasteiger partial charge in [-0.3, -0.25) is 4.98 Å². The molecule has 3 heterocycles. The average molecular weight is 714 g/mol. The molecule has 2 N–H and O–H groups in total. The van der Waals surface area contributed by atoms with E-state index in [4.69, 9.17) is 29.0 Å². The van der Waals surface area contributed by atoms with E-state index in [1.807, 2.05) is 63.2 Å². The average Bonchev–Trinajstić information content (AvgIpc) is 3.49. The number of fused-ring (bicyclic) bond motifs is 1. The van der Waals surface area contributed by atoms with E-state index in [-0.39, 0.29) is 24.5 Å². The molecule has 10 nitrogen and oxygen atoms in total. The topological polar surface area (TPSA) is 127 Å². The van der Waals surface area contributed by atoms with Crippen molar-refractivity contribution in [3.8, 4) is 22.8 Å².